The number of nitrogens with one attached hydrogen (secondary N) is 1. The monoisotopic (exact) mass is 704 g/mol. The predicted molar refractivity (Wildman–Crippen MR) is 194 cm³/mol. The number of carbonyl (C=O) groups is 2. The standard InChI is InChI=1S/C39H44N8O5/c40-38-31(18-32(43-44-38)30-4-1-2-7-35(30)48)24-19-41-46(20-24)26-16-27-21-51-22-28(17-26)47(27)25-10-8-23(9-11-25)29-5-3-6-33-37(29)52-15-14-45(33)34-12-13-36(49)42-39(34)50/h1-7,18-20,23,25-28,34,48H,8-17,21-22H2,(H2,40,44)(H,42,49,50)/t23?,25?,26?,27-,28+,34?. The highest BCUT2D eigenvalue weighted by Gasteiger charge is 2.44. The molecule has 4 N–H and O–H groups in total. The first-order valence-electron chi connectivity index (χ1n) is 18.6. The van der Waals surface area contributed by atoms with Crippen molar-refractivity contribution in [2.24, 2.45) is 0 Å². The lowest BCUT2D eigenvalue weighted by Crippen LogP contribution is -2.61. The summed E-state index contributed by atoms with van der Waals surface area (Å²) >= 11 is 0. The van der Waals surface area contributed by atoms with Crippen molar-refractivity contribution in [3.63, 3.8) is 0 Å². The Morgan fingerprint density at radius 3 is 2.48 bits per heavy atom. The largest absolute Gasteiger partial charge is 0.507 e. The summed E-state index contributed by atoms with van der Waals surface area (Å²) in [7, 11) is 0. The molecule has 4 aromatic rings. The van der Waals surface area contributed by atoms with E-state index in [9.17, 15) is 14.7 Å². The zero-order valence-electron chi connectivity index (χ0n) is 29.1. The molecule has 6 heterocycles. The second kappa shape index (κ2) is 13.5. The number of aromatic nitrogens is 4. The van der Waals surface area contributed by atoms with Crippen molar-refractivity contribution in [3.05, 3.63) is 66.5 Å². The summed E-state index contributed by atoms with van der Waals surface area (Å²) < 4.78 is 14.5. The Balaban J connectivity index is 0.875. The SMILES string of the molecule is Nc1nnc(-c2ccccc2O)cc1-c1cnn(C2C[C@H]3COC[C@@H](C2)N3C2CCC(c3cccc4c3OCCN4C3CCC(=O)NC3=O)CC2)c1. The highest BCUT2D eigenvalue weighted by Crippen LogP contribution is 2.47. The first-order valence-corrected chi connectivity index (χ1v) is 18.6. The van der Waals surface area contributed by atoms with Gasteiger partial charge in [0.15, 0.2) is 5.82 Å². The van der Waals surface area contributed by atoms with Crippen LogP contribution in [0.1, 0.15) is 68.9 Å². The molecule has 4 aliphatic heterocycles. The third-order valence-electron chi connectivity index (χ3n) is 11.9. The van der Waals surface area contributed by atoms with Crippen LogP contribution < -0.4 is 20.7 Å². The summed E-state index contributed by atoms with van der Waals surface area (Å²) in [5.74, 6) is 1.36. The van der Waals surface area contributed by atoms with Crippen LogP contribution in [-0.4, -0.2) is 92.3 Å². The van der Waals surface area contributed by atoms with Gasteiger partial charge in [0.2, 0.25) is 11.8 Å². The number of carbonyl (C=O) groups excluding carboxylic acids is 2. The number of imide groups is 1. The molecule has 1 aliphatic carbocycles. The number of benzene rings is 2. The minimum absolute atomic E-state index is 0.142. The number of phenols is 1. The van der Waals surface area contributed by atoms with Gasteiger partial charge in [-0.05, 0) is 80.7 Å². The molecule has 0 radical (unpaired) electrons. The zero-order valence-corrected chi connectivity index (χ0v) is 29.1. The smallest absolute Gasteiger partial charge is 0.249 e. The van der Waals surface area contributed by atoms with Crippen LogP contribution in [0.3, 0.4) is 0 Å². The molecule has 1 saturated carbocycles. The van der Waals surface area contributed by atoms with E-state index in [-0.39, 0.29) is 29.6 Å². The third-order valence-corrected chi connectivity index (χ3v) is 11.9. The van der Waals surface area contributed by atoms with E-state index in [2.05, 4.69) is 54.4 Å². The van der Waals surface area contributed by atoms with Crippen molar-refractivity contribution < 1.29 is 24.2 Å². The Morgan fingerprint density at radius 2 is 1.69 bits per heavy atom. The quantitative estimate of drug-likeness (QED) is 0.244. The summed E-state index contributed by atoms with van der Waals surface area (Å²) in [6.45, 7) is 2.61. The van der Waals surface area contributed by atoms with E-state index in [0.717, 1.165) is 74.3 Å². The van der Waals surface area contributed by atoms with E-state index in [1.165, 1.54) is 5.56 Å². The molecule has 13 nitrogen and oxygen atoms in total. The molecule has 2 aromatic heterocycles. The van der Waals surface area contributed by atoms with Gasteiger partial charge in [-0.2, -0.15) is 5.10 Å². The molecule has 4 fully saturated rings. The number of nitrogens with two attached hydrogens (primary N) is 1. The van der Waals surface area contributed by atoms with Crippen molar-refractivity contribution in [1.82, 2.24) is 30.2 Å². The lowest BCUT2D eigenvalue weighted by molar-refractivity contribution is -0.134. The number of rotatable bonds is 6. The molecule has 5 aliphatic rings. The van der Waals surface area contributed by atoms with Gasteiger partial charge in [-0.25, -0.2) is 0 Å². The summed E-state index contributed by atoms with van der Waals surface area (Å²) in [5.41, 5.74) is 11.3. The summed E-state index contributed by atoms with van der Waals surface area (Å²) in [6, 6.07) is 16.3. The van der Waals surface area contributed by atoms with Crippen molar-refractivity contribution in [1.29, 1.82) is 0 Å². The van der Waals surface area contributed by atoms with Gasteiger partial charge in [0.1, 0.15) is 24.1 Å². The van der Waals surface area contributed by atoms with E-state index in [1.54, 1.807) is 12.1 Å². The van der Waals surface area contributed by atoms with E-state index in [1.807, 2.05) is 24.4 Å². The highest BCUT2D eigenvalue weighted by atomic mass is 16.5. The van der Waals surface area contributed by atoms with Crippen LogP contribution in [-0.2, 0) is 14.3 Å². The molecular formula is C39H44N8O5. The topological polar surface area (TPSA) is 161 Å². The van der Waals surface area contributed by atoms with Crippen molar-refractivity contribution in [2.75, 3.05) is 37.0 Å². The van der Waals surface area contributed by atoms with Crippen molar-refractivity contribution >= 4 is 23.3 Å². The molecule has 9 rings (SSSR count). The maximum Gasteiger partial charge on any atom is 0.249 e. The molecule has 2 amide bonds. The molecule has 2 unspecified atom stereocenters. The van der Waals surface area contributed by atoms with Gasteiger partial charge in [0, 0.05) is 47.4 Å². The molecular weight excluding hydrogens is 660 g/mol. The summed E-state index contributed by atoms with van der Waals surface area (Å²) in [5, 5.41) is 26.2. The molecule has 52 heavy (non-hydrogen) atoms. The molecule has 4 atom stereocenters. The van der Waals surface area contributed by atoms with Gasteiger partial charge in [-0.15, -0.1) is 10.2 Å². The first-order chi connectivity index (χ1) is 25.4. The third kappa shape index (κ3) is 5.95. The second-order valence-corrected chi connectivity index (χ2v) is 14.9. The summed E-state index contributed by atoms with van der Waals surface area (Å²) in [6.07, 6.45) is 11.1. The summed E-state index contributed by atoms with van der Waals surface area (Å²) in [4.78, 5) is 29.5. The maximum atomic E-state index is 12.8. The fraction of sp³-hybridized carbons (Fsp3) is 0.462. The van der Waals surface area contributed by atoms with E-state index in [0.29, 0.717) is 67.1 Å². The van der Waals surface area contributed by atoms with Crippen LogP contribution in [0.15, 0.2) is 60.9 Å². The number of aromatic hydroxyl groups is 1. The average Bonchev–Trinajstić information content (AvgIpc) is 3.65. The number of fused-ring (bicyclic) bond motifs is 3. The van der Waals surface area contributed by atoms with Gasteiger partial charge in [-0.1, -0.05) is 24.3 Å². The van der Waals surface area contributed by atoms with Crippen LogP contribution >= 0.6 is 0 Å². The predicted octanol–water partition coefficient (Wildman–Crippen LogP) is 4.43. The van der Waals surface area contributed by atoms with E-state index >= 15 is 0 Å². The number of phenolic OH excluding ortho intramolecular Hbond substituents is 1. The minimum atomic E-state index is -0.349. The number of amides is 2. The van der Waals surface area contributed by atoms with Gasteiger partial charge >= 0.3 is 0 Å². The average molecular weight is 705 g/mol. The fourth-order valence-corrected chi connectivity index (χ4v) is 9.46. The number of nitrogen functional groups attached to an aromatic ring is 1. The minimum Gasteiger partial charge on any atom is -0.507 e. The number of morpholine rings is 1. The van der Waals surface area contributed by atoms with Gasteiger partial charge < -0.3 is 25.2 Å². The van der Waals surface area contributed by atoms with Gasteiger partial charge in [0.05, 0.1) is 43.4 Å². The van der Waals surface area contributed by atoms with Crippen LogP contribution in [0.4, 0.5) is 11.5 Å². The van der Waals surface area contributed by atoms with Crippen molar-refractivity contribution in [2.45, 2.75) is 87.5 Å². The number of ether oxygens (including phenoxy) is 2. The normalized spacial score (nSPS) is 27.8. The van der Waals surface area contributed by atoms with E-state index in [4.69, 9.17) is 20.3 Å². The molecule has 270 valence electrons. The number of hydrogen-bond acceptors (Lipinski definition) is 11. The molecule has 3 saturated heterocycles. The lowest BCUT2D eigenvalue weighted by Gasteiger charge is -2.53. The molecule has 0 spiro atoms. The molecule has 13 heteroatoms. The number of para-hydroxylation sites is 2. The number of anilines is 2. The second-order valence-electron chi connectivity index (χ2n) is 14.9. The van der Waals surface area contributed by atoms with Crippen LogP contribution in [0.5, 0.6) is 11.5 Å². The number of hydrogen-bond donors (Lipinski definition) is 3. The van der Waals surface area contributed by atoms with E-state index < -0.39 is 0 Å². The Bertz CT molecular complexity index is 1980. The molecule has 2 bridgehead atoms. The highest BCUT2D eigenvalue weighted by molar-refractivity contribution is 6.02. The fourth-order valence-electron chi connectivity index (χ4n) is 9.46. The lowest BCUT2D eigenvalue weighted by atomic mass is 9.78. The Labute approximate surface area is 302 Å². The van der Waals surface area contributed by atoms with Crippen LogP contribution in [0.2, 0.25) is 0 Å². The Hall–Kier alpha value is -5.01. The number of nitrogens with zero attached hydrogens (tertiary/aromatic N) is 6. The number of piperidine rings is 2. The first kappa shape index (κ1) is 32.9. The molecule has 2 aromatic carbocycles. The van der Waals surface area contributed by atoms with Crippen LogP contribution in [0, 0.1) is 0 Å². The van der Waals surface area contributed by atoms with Crippen molar-refractivity contribution in [3.8, 4) is 33.9 Å². The van der Waals surface area contributed by atoms with Gasteiger partial charge in [0.25, 0.3) is 0 Å². The Kier molecular flexibility index (Phi) is 8.54. The maximum absolute atomic E-state index is 12.8. The Morgan fingerprint density at radius 1 is 0.885 bits per heavy atom. The van der Waals surface area contributed by atoms with Gasteiger partial charge in [-0.3, -0.25) is 24.5 Å². The zero-order chi connectivity index (χ0) is 35.3. The van der Waals surface area contributed by atoms with Crippen LogP contribution in [0.25, 0.3) is 22.4 Å².